The lowest BCUT2D eigenvalue weighted by Crippen LogP contribution is -2.33. The summed E-state index contributed by atoms with van der Waals surface area (Å²) in [6.45, 7) is 0.139. The molecule has 0 bridgehead atoms. The van der Waals surface area contributed by atoms with Gasteiger partial charge in [0.05, 0.1) is 5.56 Å². The molecule has 0 fully saturated rings. The van der Waals surface area contributed by atoms with E-state index < -0.39 is 17.9 Å². The van der Waals surface area contributed by atoms with Crippen LogP contribution in [-0.2, 0) is 6.18 Å². The van der Waals surface area contributed by atoms with Crippen molar-refractivity contribution in [1.29, 1.82) is 0 Å². The molecule has 9 heteroatoms. The van der Waals surface area contributed by atoms with Crippen LogP contribution >= 0.6 is 11.6 Å². The average Bonchev–Trinajstić information content (AvgIpc) is 3.28. The van der Waals surface area contributed by atoms with Crippen molar-refractivity contribution >= 4 is 17.3 Å². The summed E-state index contributed by atoms with van der Waals surface area (Å²) in [5, 5.41) is 14.2. The van der Waals surface area contributed by atoms with E-state index in [4.69, 9.17) is 26.1 Å². The minimum atomic E-state index is -4.42. The Hall–Kier alpha value is -3.23. The lowest BCUT2D eigenvalue weighted by molar-refractivity contribution is -0.137. The summed E-state index contributed by atoms with van der Waals surface area (Å²) in [4.78, 5) is 4.78. The van der Waals surface area contributed by atoms with Gasteiger partial charge in [-0.1, -0.05) is 23.7 Å². The van der Waals surface area contributed by atoms with Crippen molar-refractivity contribution in [2.24, 2.45) is 4.99 Å². The molecule has 2 aliphatic heterocycles. The van der Waals surface area contributed by atoms with Gasteiger partial charge in [0.2, 0.25) is 6.79 Å². The zero-order valence-corrected chi connectivity index (χ0v) is 17.8. The number of aromatic hydroxyl groups is 1. The molecular weight excluding hydrogens is 457 g/mol. The number of hydrogen-bond donors (Lipinski definition) is 2. The Balaban J connectivity index is 1.55. The van der Waals surface area contributed by atoms with Crippen LogP contribution in [0.5, 0.6) is 17.2 Å². The molecule has 0 unspecified atom stereocenters. The van der Waals surface area contributed by atoms with Gasteiger partial charge in [-0.25, -0.2) is 0 Å². The molecule has 2 heterocycles. The Kier molecular flexibility index (Phi) is 5.42. The van der Waals surface area contributed by atoms with E-state index in [2.05, 4.69) is 5.32 Å². The van der Waals surface area contributed by atoms with E-state index >= 15 is 0 Å². The van der Waals surface area contributed by atoms with Crippen LogP contribution in [0, 0.1) is 0 Å². The third kappa shape index (κ3) is 4.36. The van der Waals surface area contributed by atoms with E-state index in [9.17, 15) is 18.3 Å². The van der Waals surface area contributed by atoms with E-state index in [1.807, 2.05) is 12.1 Å². The molecule has 0 saturated carbocycles. The zero-order chi connectivity index (χ0) is 23.2. The molecule has 2 atom stereocenters. The number of phenolic OH excluding ortho intramolecular Hbond substituents is 1. The minimum absolute atomic E-state index is 0.0648. The molecule has 0 saturated heterocycles. The first-order valence-electron chi connectivity index (χ1n) is 10.2. The lowest BCUT2D eigenvalue weighted by Gasteiger charge is -2.31. The molecule has 5 nitrogen and oxygen atoms in total. The summed E-state index contributed by atoms with van der Waals surface area (Å²) in [5.74, 6) is 1.30. The van der Waals surface area contributed by atoms with Gasteiger partial charge in [-0.15, -0.1) is 0 Å². The Labute approximate surface area is 192 Å². The van der Waals surface area contributed by atoms with Gasteiger partial charge in [-0.05, 0) is 59.7 Å². The number of fused-ring (bicyclic) bond motifs is 1. The molecule has 3 aromatic rings. The monoisotopic (exact) mass is 474 g/mol. The Morgan fingerprint density at radius 2 is 1.73 bits per heavy atom. The number of hydrogen-bond acceptors (Lipinski definition) is 5. The maximum atomic E-state index is 13.0. The highest BCUT2D eigenvalue weighted by Gasteiger charge is 2.32. The van der Waals surface area contributed by atoms with Gasteiger partial charge in [-0.2, -0.15) is 13.2 Å². The molecule has 170 valence electrons. The van der Waals surface area contributed by atoms with Gasteiger partial charge >= 0.3 is 6.18 Å². The summed E-state index contributed by atoms with van der Waals surface area (Å²) >= 11 is 6.16. The van der Waals surface area contributed by atoms with Crippen LogP contribution in [0.4, 0.5) is 13.2 Å². The van der Waals surface area contributed by atoms with Crippen LogP contribution < -0.4 is 14.8 Å². The molecule has 0 aromatic heterocycles. The van der Waals surface area contributed by atoms with Crippen molar-refractivity contribution in [3.8, 4) is 17.2 Å². The van der Waals surface area contributed by atoms with E-state index in [0.29, 0.717) is 39.8 Å². The highest BCUT2D eigenvalue weighted by molar-refractivity contribution is 6.30. The third-order valence-electron chi connectivity index (χ3n) is 5.67. The number of halogens is 4. The van der Waals surface area contributed by atoms with Gasteiger partial charge in [0.1, 0.15) is 11.9 Å². The summed E-state index contributed by atoms with van der Waals surface area (Å²) in [7, 11) is 0. The number of ether oxygens (including phenoxy) is 2. The molecular formula is C24H18ClF3N2O3. The van der Waals surface area contributed by atoms with Crippen LogP contribution in [0.3, 0.4) is 0 Å². The number of phenols is 1. The largest absolute Gasteiger partial charge is 0.508 e. The molecule has 0 amide bonds. The molecule has 0 spiro atoms. The quantitative estimate of drug-likeness (QED) is 0.487. The predicted molar refractivity (Wildman–Crippen MR) is 117 cm³/mol. The van der Waals surface area contributed by atoms with Crippen LogP contribution in [0.1, 0.15) is 40.9 Å². The molecule has 33 heavy (non-hydrogen) atoms. The maximum Gasteiger partial charge on any atom is 0.416 e. The fraction of sp³-hybridized carbons (Fsp3) is 0.208. The first-order valence-corrected chi connectivity index (χ1v) is 10.5. The average molecular weight is 475 g/mol. The van der Waals surface area contributed by atoms with Gasteiger partial charge in [-0.3, -0.25) is 10.3 Å². The predicted octanol–water partition coefficient (Wildman–Crippen LogP) is 6.02. The first-order chi connectivity index (χ1) is 15.8. The van der Waals surface area contributed by atoms with Crippen molar-refractivity contribution in [2.45, 2.75) is 24.8 Å². The van der Waals surface area contributed by atoms with Gasteiger partial charge < -0.3 is 14.6 Å². The van der Waals surface area contributed by atoms with Crippen molar-refractivity contribution in [3.63, 3.8) is 0 Å². The van der Waals surface area contributed by atoms with E-state index in [-0.39, 0.29) is 18.6 Å². The minimum Gasteiger partial charge on any atom is -0.508 e. The maximum absolute atomic E-state index is 13.0. The van der Waals surface area contributed by atoms with Crippen LogP contribution in [0.2, 0.25) is 5.02 Å². The van der Waals surface area contributed by atoms with Gasteiger partial charge in [0.15, 0.2) is 11.5 Å². The number of aliphatic imine (C=N–C) groups is 1. The molecule has 2 aliphatic rings. The second-order valence-electron chi connectivity index (χ2n) is 7.79. The summed E-state index contributed by atoms with van der Waals surface area (Å²) in [6, 6.07) is 14.7. The number of benzene rings is 3. The number of nitrogens with one attached hydrogen (secondary N) is 1. The Morgan fingerprint density at radius 3 is 2.48 bits per heavy atom. The van der Waals surface area contributed by atoms with E-state index in [1.165, 1.54) is 18.2 Å². The second kappa shape index (κ2) is 8.28. The third-order valence-corrected chi connectivity index (χ3v) is 5.90. The Morgan fingerprint density at radius 1 is 0.970 bits per heavy atom. The summed E-state index contributed by atoms with van der Waals surface area (Å²) in [6.07, 6.45) is -4.64. The number of rotatable bonds is 3. The fourth-order valence-electron chi connectivity index (χ4n) is 3.99. The van der Waals surface area contributed by atoms with Crippen LogP contribution in [0.15, 0.2) is 65.7 Å². The lowest BCUT2D eigenvalue weighted by atomic mass is 9.93. The molecule has 0 aliphatic carbocycles. The van der Waals surface area contributed by atoms with Crippen molar-refractivity contribution < 1.29 is 27.8 Å². The van der Waals surface area contributed by atoms with Crippen molar-refractivity contribution in [2.75, 3.05) is 6.79 Å². The van der Waals surface area contributed by atoms with E-state index in [0.717, 1.165) is 17.7 Å². The second-order valence-corrected chi connectivity index (χ2v) is 8.23. The Bertz CT molecular complexity index is 1230. The van der Waals surface area contributed by atoms with Gasteiger partial charge in [0.25, 0.3) is 0 Å². The van der Waals surface area contributed by atoms with E-state index in [1.54, 1.807) is 18.2 Å². The van der Waals surface area contributed by atoms with Crippen LogP contribution in [0.25, 0.3) is 0 Å². The molecule has 3 aromatic carbocycles. The number of nitrogens with zero attached hydrogens (tertiary/aromatic N) is 1. The fourth-order valence-corrected chi connectivity index (χ4v) is 4.17. The molecule has 2 N–H and O–H groups in total. The van der Waals surface area contributed by atoms with Crippen LogP contribution in [-0.4, -0.2) is 17.6 Å². The van der Waals surface area contributed by atoms with Crippen molar-refractivity contribution in [1.82, 2.24) is 5.32 Å². The number of alkyl halides is 3. The molecule has 5 rings (SSSR count). The molecule has 0 radical (unpaired) electrons. The van der Waals surface area contributed by atoms with Crippen molar-refractivity contribution in [3.05, 3.63) is 87.9 Å². The zero-order valence-electron chi connectivity index (χ0n) is 17.1. The smallest absolute Gasteiger partial charge is 0.416 e. The highest BCUT2D eigenvalue weighted by atomic mass is 35.5. The normalized spacial score (nSPS) is 19.9. The highest BCUT2D eigenvalue weighted by Crippen LogP contribution is 2.38. The first kappa shape index (κ1) is 21.6. The van der Waals surface area contributed by atoms with Gasteiger partial charge in [0, 0.05) is 28.8 Å². The standard InChI is InChI=1S/C24H18ClF3N2O3/c25-16-6-7-20(31)17(10-16)19-11-18(14-3-8-21-22(9-14)33-12-32-21)29-23(30-19)13-1-4-15(5-2-13)24(26,27)28/h1-10,19,23,30-31H,11-12H2/t19-,23+/m1/s1. The topological polar surface area (TPSA) is 63.1 Å². The SMILES string of the molecule is Oc1ccc(Cl)cc1[C@H]1CC(c2ccc3c(c2)OCO3)=N[C@H](c2ccc(C(F)(F)F)cc2)N1. The summed E-state index contributed by atoms with van der Waals surface area (Å²) in [5.41, 5.74) is 1.91. The summed E-state index contributed by atoms with van der Waals surface area (Å²) < 4.78 is 49.9.